The number of carbonyl (C=O) groups excluding carboxylic acids is 3. The quantitative estimate of drug-likeness (QED) is 0.144. The molecule has 0 aliphatic carbocycles. The van der Waals surface area contributed by atoms with Gasteiger partial charge in [-0.3, -0.25) is 19.2 Å². The van der Waals surface area contributed by atoms with Crippen molar-refractivity contribution in [3.8, 4) is 0 Å². The van der Waals surface area contributed by atoms with Gasteiger partial charge in [0.15, 0.2) is 0 Å². The molecule has 0 aromatic heterocycles. The summed E-state index contributed by atoms with van der Waals surface area (Å²) in [4.78, 5) is 58.5. The number of aliphatic carboxylic acids is 2. The van der Waals surface area contributed by atoms with Crippen LogP contribution in [-0.2, 0) is 24.0 Å². The fourth-order valence-corrected chi connectivity index (χ4v) is 2.52. The Kier molecular flexibility index (Phi) is 13.0. The molecule has 3 amide bonds. The molecule has 0 aliphatic rings. The van der Waals surface area contributed by atoms with E-state index in [1.807, 2.05) is 0 Å². The summed E-state index contributed by atoms with van der Waals surface area (Å²) >= 11 is 0. The van der Waals surface area contributed by atoms with E-state index in [1.165, 1.54) is 0 Å². The molecule has 0 aliphatic heterocycles. The molecular formula is C18H33N5O7. The van der Waals surface area contributed by atoms with Gasteiger partial charge in [0.2, 0.25) is 17.7 Å². The smallest absolute Gasteiger partial charge is 0.326 e. The van der Waals surface area contributed by atoms with Crippen molar-refractivity contribution < 1.29 is 34.2 Å². The van der Waals surface area contributed by atoms with Crippen molar-refractivity contribution in [2.45, 2.75) is 64.1 Å². The number of nitrogens with one attached hydrogen (secondary N) is 3. The van der Waals surface area contributed by atoms with Crippen molar-refractivity contribution >= 4 is 29.7 Å². The molecule has 0 spiro atoms. The van der Waals surface area contributed by atoms with Crippen molar-refractivity contribution in [3.63, 3.8) is 0 Å². The van der Waals surface area contributed by atoms with Gasteiger partial charge in [-0.2, -0.15) is 0 Å². The van der Waals surface area contributed by atoms with Crippen LogP contribution in [0.15, 0.2) is 0 Å². The van der Waals surface area contributed by atoms with Crippen LogP contribution in [0.3, 0.4) is 0 Å². The molecule has 0 rings (SSSR count). The molecule has 4 atom stereocenters. The van der Waals surface area contributed by atoms with E-state index >= 15 is 0 Å². The lowest BCUT2D eigenvalue weighted by Crippen LogP contribution is -2.55. The Hall–Kier alpha value is -2.73. The minimum atomic E-state index is -1.32. The highest BCUT2D eigenvalue weighted by atomic mass is 16.4. The SMILES string of the molecule is CCC(C)C(NC(=O)C(N)CC(=O)O)C(=O)NCC(=O)NC(CCCCN)C(=O)O. The summed E-state index contributed by atoms with van der Waals surface area (Å²) in [5.41, 5.74) is 10.9. The standard InChI is InChI=1S/C18H33N5O7/c1-3-10(2)15(23-16(27)11(20)8-14(25)26)17(28)21-9-13(24)22-12(18(29)30)6-4-5-7-19/h10-12,15H,3-9,19-20H2,1-2H3,(H,21,28)(H,22,24)(H,23,27)(H,25,26)(H,29,30). The zero-order valence-electron chi connectivity index (χ0n) is 17.3. The number of carbonyl (C=O) groups is 5. The minimum absolute atomic E-state index is 0.208. The molecule has 0 heterocycles. The van der Waals surface area contributed by atoms with E-state index in [1.54, 1.807) is 13.8 Å². The average Bonchev–Trinajstić information content (AvgIpc) is 2.68. The lowest BCUT2D eigenvalue weighted by atomic mass is 9.97. The Bertz CT molecular complexity index is 614. The van der Waals surface area contributed by atoms with E-state index in [4.69, 9.17) is 16.6 Å². The Labute approximate surface area is 175 Å². The minimum Gasteiger partial charge on any atom is -0.481 e. The first-order valence-electron chi connectivity index (χ1n) is 9.81. The number of hydrogen-bond acceptors (Lipinski definition) is 7. The van der Waals surface area contributed by atoms with Crippen molar-refractivity contribution in [3.05, 3.63) is 0 Å². The summed E-state index contributed by atoms with van der Waals surface area (Å²) in [6.45, 7) is 3.42. The zero-order valence-corrected chi connectivity index (χ0v) is 17.3. The maximum absolute atomic E-state index is 12.5. The van der Waals surface area contributed by atoms with Gasteiger partial charge < -0.3 is 37.6 Å². The van der Waals surface area contributed by atoms with Gasteiger partial charge in [-0.15, -0.1) is 0 Å². The number of amides is 3. The average molecular weight is 431 g/mol. The third-order valence-corrected chi connectivity index (χ3v) is 4.53. The van der Waals surface area contributed by atoms with Crippen LogP contribution in [0.2, 0.25) is 0 Å². The van der Waals surface area contributed by atoms with Gasteiger partial charge in [0, 0.05) is 0 Å². The van der Waals surface area contributed by atoms with E-state index in [2.05, 4.69) is 16.0 Å². The molecule has 9 N–H and O–H groups in total. The molecule has 0 fully saturated rings. The Morgan fingerprint density at radius 1 is 1.00 bits per heavy atom. The van der Waals surface area contributed by atoms with Gasteiger partial charge in [0.25, 0.3) is 0 Å². The van der Waals surface area contributed by atoms with Crippen LogP contribution < -0.4 is 27.4 Å². The second kappa shape index (κ2) is 14.3. The molecule has 0 bridgehead atoms. The number of nitrogens with two attached hydrogens (primary N) is 2. The lowest BCUT2D eigenvalue weighted by molar-refractivity contribution is -0.142. The van der Waals surface area contributed by atoms with E-state index in [9.17, 15) is 29.1 Å². The predicted molar refractivity (Wildman–Crippen MR) is 107 cm³/mol. The van der Waals surface area contributed by atoms with Gasteiger partial charge >= 0.3 is 11.9 Å². The topological polar surface area (TPSA) is 214 Å². The van der Waals surface area contributed by atoms with Crippen molar-refractivity contribution in [2.24, 2.45) is 17.4 Å². The normalized spacial score (nSPS) is 14.7. The number of carboxylic acid groups (broad SMARTS) is 2. The Morgan fingerprint density at radius 3 is 2.13 bits per heavy atom. The first-order chi connectivity index (χ1) is 14.0. The highest BCUT2D eigenvalue weighted by Crippen LogP contribution is 2.08. The fraction of sp³-hybridized carbons (Fsp3) is 0.722. The first kappa shape index (κ1) is 27.3. The van der Waals surface area contributed by atoms with Gasteiger partial charge in [-0.1, -0.05) is 20.3 Å². The zero-order chi connectivity index (χ0) is 23.3. The number of unbranched alkanes of at least 4 members (excludes halogenated alkanes) is 1. The summed E-state index contributed by atoms with van der Waals surface area (Å²) in [5.74, 6) is -4.92. The van der Waals surface area contributed by atoms with Gasteiger partial charge in [0.1, 0.15) is 12.1 Å². The van der Waals surface area contributed by atoms with Crippen LogP contribution in [0.4, 0.5) is 0 Å². The molecule has 0 saturated carbocycles. The molecule has 0 saturated heterocycles. The van der Waals surface area contributed by atoms with E-state index in [0.717, 1.165) is 0 Å². The van der Waals surface area contributed by atoms with Crippen molar-refractivity contribution in [1.82, 2.24) is 16.0 Å². The highest BCUT2D eigenvalue weighted by Gasteiger charge is 2.29. The van der Waals surface area contributed by atoms with Crippen LogP contribution in [0.1, 0.15) is 46.0 Å². The van der Waals surface area contributed by atoms with Crippen LogP contribution in [0.5, 0.6) is 0 Å². The summed E-state index contributed by atoms with van der Waals surface area (Å²) in [6, 6.07) is -3.45. The van der Waals surface area contributed by atoms with Crippen molar-refractivity contribution in [1.29, 1.82) is 0 Å². The third kappa shape index (κ3) is 10.7. The van der Waals surface area contributed by atoms with Gasteiger partial charge in [0.05, 0.1) is 19.0 Å². The molecule has 0 radical (unpaired) electrons. The van der Waals surface area contributed by atoms with Gasteiger partial charge in [-0.25, -0.2) is 4.79 Å². The van der Waals surface area contributed by atoms with E-state index in [0.29, 0.717) is 25.8 Å². The van der Waals surface area contributed by atoms with Crippen LogP contribution >= 0.6 is 0 Å². The van der Waals surface area contributed by atoms with Crippen molar-refractivity contribution in [2.75, 3.05) is 13.1 Å². The molecular weight excluding hydrogens is 398 g/mol. The monoisotopic (exact) mass is 431 g/mol. The maximum Gasteiger partial charge on any atom is 0.326 e. The molecule has 0 aromatic carbocycles. The predicted octanol–water partition coefficient (Wildman–Crippen LogP) is -1.87. The van der Waals surface area contributed by atoms with E-state index in [-0.39, 0.29) is 12.3 Å². The second-order valence-electron chi connectivity index (χ2n) is 7.04. The molecule has 0 aromatic rings. The molecule has 12 nitrogen and oxygen atoms in total. The first-order valence-corrected chi connectivity index (χ1v) is 9.81. The maximum atomic E-state index is 12.5. The molecule has 12 heteroatoms. The Balaban J connectivity index is 4.84. The number of carboxylic acids is 2. The molecule has 30 heavy (non-hydrogen) atoms. The fourth-order valence-electron chi connectivity index (χ4n) is 2.52. The number of rotatable bonds is 15. The summed E-state index contributed by atoms with van der Waals surface area (Å²) < 4.78 is 0. The largest absolute Gasteiger partial charge is 0.481 e. The molecule has 172 valence electrons. The Morgan fingerprint density at radius 2 is 1.63 bits per heavy atom. The van der Waals surface area contributed by atoms with E-state index < -0.39 is 60.8 Å². The highest BCUT2D eigenvalue weighted by molar-refractivity contribution is 5.93. The third-order valence-electron chi connectivity index (χ3n) is 4.53. The van der Waals surface area contributed by atoms with Crippen LogP contribution in [0.25, 0.3) is 0 Å². The number of hydrogen-bond donors (Lipinski definition) is 7. The van der Waals surface area contributed by atoms with Crippen LogP contribution in [-0.4, -0.2) is 71.1 Å². The second-order valence-corrected chi connectivity index (χ2v) is 7.04. The molecule has 4 unspecified atom stereocenters. The van der Waals surface area contributed by atoms with Gasteiger partial charge in [-0.05, 0) is 31.7 Å². The summed E-state index contributed by atoms with van der Waals surface area (Å²) in [5, 5.41) is 25.0. The summed E-state index contributed by atoms with van der Waals surface area (Å²) in [6.07, 6.45) is 1.28. The summed E-state index contributed by atoms with van der Waals surface area (Å²) in [7, 11) is 0. The van der Waals surface area contributed by atoms with Crippen LogP contribution in [0, 0.1) is 5.92 Å². The lowest BCUT2D eigenvalue weighted by Gasteiger charge is -2.25.